The lowest BCUT2D eigenvalue weighted by atomic mass is 10.1. The SMILES string of the molecule is CCn1cc(/C=N\NC(=O)Cc2cc(Cl)ccc2SC)c2ccccc21. The topological polar surface area (TPSA) is 46.4 Å². The minimum absolute atomic E-state index is 0.168. The van der Waals surface area contributed by atoms with E-state index in [0.717, 1.165) is 33.5 Å². The summed E-state index contributed by atoms with van der Waals surface area (Å²) < 4.78 is 2.16. The molecule has 0 spiro atoms. The van der Waals surface area contributed by atoms with E-state index in [0.29, 0.717) is 5.02 Å². The van der Waals surface area contributed by atoms with Crippen molar-refractivity contribution in [2.75, 3.05) is 6.26 Å². The molecule has 0 aliphatic rings. The van der Waals surface area contributed by atoms with Gasteiger partial charge in [0.1, 0.15) is 0 Å². The molecule has 0 aliphatic carbocycles. The van der Waals surface area contributed by atoms with E-state index in [4.69, 9.17) is 11.6 Å². The van der Waals surface area contributed by atoms with E-state index in [1.165, 1.54) is 0 Å². The molecule has 6 heteroatoms. The lowest BCUT2D eigenvalue weighted by molar-refractivity contribution is -0.120. The Balaban J connectivity index is 1.71. The van der Waals surface area contributed by atoms with Gasteiger partial charge in [0.15, 0.2) is 0 Å². The fraction of sp³-hybridized carbons (Fsp3) is 0.200. The number of halogens is 1. The normalized spacial score (nSPS) is 11.3. The Bertz CT molecular complexity index is 965. The molecule has 4 nitrogen and oxygen atoms in total. The maximum absolute atomic E-state index is 12.2. The second kappa shape index (κ2) is 8.43. The summed E-state index contributed by atoms with van der Waals surface area (Å²) in [6.07, 6.45) is 5.96. The minimum atomic E-state index is -0.168. The number of para-hydroxylation sites is 1. The number of hydrazone groups is 1. The van der Waals surface area contributed by atoms with Gasteiger partial charge in [0, 0.05) is 39.1 Å². The summed E-state index contributed by atoms with van der Waals surface area (Å²) in [5.41, 5.74) is 5.65. The Hall–Kier alpha value is -2.24. The molecule has 3 aromatic rings. The zero-order valence-electron chi connectivity index (χ0n) is 14.7. The third-order valence-electron chi connectivity index (χ3n) is 4.15. The van der Waals surface area contributed by atoms with Crippen LogP contribution in [-0.4, -0.2) is 22.9 Å². The third-order valence-corrected chi connectivity index (χ3v) is 5.22. The van der Waals surface area contributed by atoms with Crippen molar-refractivity contribution in [1.82, 2.24) is 9.99 Å². The number of carbonyl (C=O) groups excluding carboxylic acids is 1. The van der Waals surface area contributed by atoms with Crippen molar-refractivity contribution in [3.8, 4) is 0 Å². The van der Waals surface area contributed by atoms with Gasteiger partial charge in [0.2, 0.25) is 5.91 Å². The molecular weight excluding hydrogens is 366 g/mol. The Morgan fingerprint density at radius 1 is 1.31 bits per heavy atom. The summed E-state index contributed by atoms with van der Waals surface area (Å²) in [4.78, 5) is 13.3. The van der Waals surface area contributed by atoms with Crippen LogP contribution in [0.5, 0.6) is 0 Å². The van der Waals surface area contributed by atoms with Crippen LogP contribution >= 0.6 is 23.4 Å². The second-order valence-electron chi connectivity index (χ2n) is 5.81. The van der Waals surface area contributed by atoms with Gasteiger partial charge in [0.05, 0.1) is 12.6 Å². The highest BCUT2D eigenvalue weighted by Crippen LogP contribution is 2.24. The first-order valence-electron chi connectivity index (χ1n) is 8.34. The van der Waals surface area contributed by atoms with E-state index in [2.05, 4.69) is 34.2 Å². The van der Waals surface area contributed by atoms with Crippen molar-refractivity contribution in [3.63, 3.8) is 0 Å². The Labute approximate surface area is 162 Å². The molecule has 0 aliphatic heterocycles. The summed E-state index contributed by atoms with van der Waals surface area (Å²) in [6.45, 7) is 2.98. The number of rotatable bonds is 6. The molecule has 1 N–H and O–H groups in total. The number of nitrogens with one attached hydrogen (secondary N) is 1. The summed E-state index contributed by atoms with van der Waals surface area (Å²) in [5.74, 6) is -0.168. The molecule has 2 aromatic carbocycles. The maximum Gasteiger partial charge on any atom is 0.244 e. The van der Waals surface area contributed by atoms with Crippen LogP contribution in [0.25, 0.3) is 10.9 Å². The molecule has 1 aromatic heterocycles. The molecule has 0 atom stereocenters. The van der Waals surface area contributed by atoms with Crippen molar-refractivity contribution in [1.29, 1.82) is 0 Å². The molecule has 0 unspecified atom stereocenters. The average Bonchev–Trinajstić information content (AvgIpc) is 3.00. The first-order valence-corrected chi connectivity index (χ1v) is 9.94. The molecular formula is C20H20ClN3OS. The molecule has 0 saturated heterocycles. The maximum atomic E-state index is 12.2. The van der Waals surface area contributed by atoms with Gasteiger partial charge in [0.25, 0.3) is 0 Å². The standard InChI is InChI=1S/C20H20ClN3OS/c1-3-24-13-15(17-6-4-5-7-18(17)24)12-22-23-20(25)11-14-10-16(21)8-9-19(14)26-2/h4-10,12-13H,3,11H2,1-2H3,(H,23,25)/b22-12-. The van der Waals surface area contributed by atoms with E-state index < -0.39 is 0 Å². The molecule has 26 heavy (non-hydrogen) atoms. The molecule has 3 rings (SSSR count). The molecule has 1 amide bonds. The third kappa shape index (κ3) is 4.11. The van der Waals surface area contributed by atoms with Crippen LogP contribution < -0.4 is 5.43 Å². The van der Waals surface area contributed by atoms with Crippen LogP contribution in [0.3, 0.4) is 0 Å². The van der Waals surface area contributed by atoms with Crippen LogP contribution in [-0.2, 0) is 17.8 Å². The second-order valence-corrected chi connectivity index (χ2v) is 7.10. The van der Waals surface area contributed by atoms with Gasteiger partial charge in [-0.1, -0.05) is 29.8 Å². The van der Waals surface area contributed by atoms with Gasteiger partial charge < -0.3 is 4.57 Å². The predicted molar refractivity (Wildman–Crippen MR) is 110 cm³/mol. The van der Waals surface area contributed by atoms with Crippen LogP contribution in [0, 0.1) is 0 Å². The number of hydrogen-bond acceptors (Lipinski definition) is 3. The fourth-order valence-corrected chi connectivity index (χ4v) is 3.70. The molecule has 0 fully saturated rings. The molecule has 0 saturated carbocycles. The van der Waals surface area contributed by atoms with Crippen molar-refractivity contribution in [3.05, 3.63) is 64.8 Å². The van der Waals surface area contributed by atoms with E-state index in [1.807, 2.05) is 42.8 Å². The smallest absolute Gasteiger partial charge is 0.244 e. The quantitative estimate of drug-likeness (QED) is 0.379. The number of carbonyl (C=O) groups is 1. The Morgan fingerprint density at radius 3 is 2.88 bits per heavy atom. The van der Waals surface area contributed by atoms with E-state index in [-0.39, 0.29) is 12.3 Å². The molecule has 1 heterocycles. The number of thioether (sulfide) groups is 1. The summed E-state index contributed by atoms with van der Waals surface area (Å²) in [6, 6.07) is 13.7. The van der Waals surface area contributed by atoms with Crippen LogP contribution in [0.1, 0.15) is 18.1 Å². The highest BCUT2D eigenvalue weighted by atomic mass is 35.5. The summed E-state index contributed by atoms with van der Waals surface area (Å²) in [7, 11) is 0. The lowest BCUT2D eigenvalue weighted by Gasteiger charge is -2.06. The van der Waals surface area contributed by atoms with Crippen molar-refractivity contribution in [2.45, 2.75) is 24.8 Å². The molecule has 0 bridgehead atoms. The van der Waals surface area contributed by atoms with Crippen LogP contribution in [0.2, 0.25) is 5.02 Å². The molecule has 0 radical (unpaired) electrons. The van der Waals surface area contributed by atoms with Crippen molar-refractivity contribution in [2.24, 2.45) is 5.10 Å². The number of aryl methyl sites for hydroxylation is 1. The summed E-state index contributed by atoms with van der Waals surface area (Å²) in [5, 5.41) is 5.88. The highest BCUT2D eigenvalue weighted by molar-refractivity contribution is 7.98. The predicted octanol–water partition coefficient (Wildman–Crippen LogP) is 4.73. The van der Waals surface area contributed by atoms with Crippen LogP contribution in [0.4, 0.5) is 0 Å². The van der Waals surface area contributed by atoms with Crippen LogP contribution in [0.15, 0.2) is 58.7 Å². The minimum Gasteiger partial charge on any atom is -0.347 e. The number of amides is 1. The van der Waals surface area contributed by atoms with Gasteiger partial charge >= 0.3 is 0 Å². The first-order chi connectivity index (χ1) is 12.6. The number of fused-ring (bicyclic) bond motifs is 1. The number of hydrogen-bond donors (Lipinski definition) is 1. The van der Waals surface area contributed by atoms with Crippen molar-refractivity contribution < 1.29 is 4.79 Å². The zero-order valence-corrected chi connectivity index (χ0v) is 16.3. The fourth-order valence-electron chi connectivity index (χ4n) is 2.91. The Kier molecular flexibility index (Phi) is 6.01. The van der Waals surface area contributed by atoms with E-state index in [1.54, 1.807) is 18.0 Å². The lowest BCUT2D eigenvalue weighted by Crippen LogP contribution is -2.20. The highest BCUT2D eigenvalue weighted by Gasteiger charge is 2.09. The number of aromatic nitrogens is 1. The molecule has 134 valence electrons. The van der Waals surface area contributed by atoms with Gasteiger partial charge in [-0.15, -0.1) is 11.8 Å². The first kappa shape index (κ1) is 18.5. The van der Waals surface area contributed by atoms with Crippen molar-refractivity contribution >= 4 is 46.4 Å². The monoisotopic (exact) mass is 385 g/mol. The number of nitrogens with zero attached hydrogens (tertiary/aromatic N) is 2. The largest absolute Gasteiger partial charge is 0.347 e. The number of benzene rings is 2. The van der Waals surface area contributed by atoms with Gasteiger partial charge in [-0.3, -0.25) is 4.79 Å². The van der Waals surface area contributed by atoms with Gasteiger partial charge in [-0.25, -0.2) is 5.43 Å². The van der Waals surface area contributed by atoms with E-state index in [9.17, 15) is 4.79 Å². The van der Waals surface area contributed by atoms with Gasteiger partial charge in [-0.05, 0) is 43.0 Å². The zero-order chi connectivity index (χ0) is 18.5. The Morgan fingerprint density at radius 2 is 2.12 bits per heavy atom. The average molecular weight is 386 g/mol. The summed E-state index contributed by atoms with van der Waals surface area (Å²) >= 11 is 7.63. The van der Waals surface area contributed by atoms with E-state index >= 15 is 0 Å². The van der Waals surface area contributed by atoms with Gasteiger partial charge in [-0.2, -0.15) is 5.10 Å².